The molecule has 1 aliphatic heterocycles. The van der Waals surface area contributed by atoms with Gasteiger partial charge in [-0.15, -0.1) is 0 Å². The van der Waals surface area contributed by atoms with E-state index in [-0.39, 0.29) is 6.03 Å². The Labute approximate surface area is 149 Å². The first-order chi connectivity index (χ1) is 11.7. The second-order valence-corrected chi connectivity index (χ2v) is 6.94. The van der Waals surface area contributed by atoms with Crippen molar-refractivity contribution in [2.75, 3.05) is 31.5 Å². The minimum absolute atomic E-state index is 0.0352. The van der Waals surface area contributed by atoms with Gasteiger partial charge in [0.25, 0.3) is 0 Å². The fourth-order valence-corrected chi connectivity index (χ4v) is 3.70. The highest BCUT2D eigenvalue weighted by Gasteiger charge is 2.24. The SMILES string of the molecule is O=C(Nc1ccccc1)N1CCN(C(=S)NC2CCCCC2)CC1. The first-order valence-electron chi connectivity index (χ1n) is 8.89. The molecule has 1 heterocycles. The summed E-state index contributed by atoms with van der Waals surface area (Å²) in [6.07, 6.45) is 6.39. The Morgan fingerprint density at radius 3 is 2.25 bits per heavy atom. The van der Waals surface area contributed by atoms with Gasteiger partial charge in [0.05, 0.1) is 0 Å². The fourth-order valence-electron chi connectivity index (χ4n) is 3.35. The van der Waals surface area contributed by atoms with Crippen molar-refractivity contribution < 1.29 is 4.79 Å². The number of hydrogen-bond acceptors (Lipinski definition) is 2. The van der Waals surface area contributed by atoms with Gasteiger partial charge in [0, 0.05) is 37.9 Å². The van der Waals surface area contributed by atoms with E-state index in [4.69, 9.17) is 12.2 Å². The first kappa shape index (κ1) is 17.0. The van der Waals surface area contributed by atoms with E-state index in [0.717, 1.165) is 23.9 Å². The van der Waals surface area contributed by atoms with Gasteiger partial charge in [0.1, 0.15) is 0 Å². The lowest BCUT2D eigenvalue weighted by atomic mass is 9.96. The predicted molar refractivity (Wildman–Crippen MR) is 101 cm³/mol. The lowest BCUT2D eigenvalue weighted by molar-refractivity contribution is 0.180. The number of thiocarbonyl (C=S) groups is 1. The van der Waals surface area contributed by atoms with Crippen LogP contribution in [0.3, 0.4) is 0 Å². The topological polar surface area (TPSA) is 47.6 Å². The van der Waals surface area contributed by atoms with Crippen molar-refractivity contribution in [3.8, 4) is 0 Å². The molecule has 5 nitrogen and oxygen atoms in total. The molecule has 2 N–H and O–H groups in total. The van der Waals surface area contributed by atoms with Crippen LogP contribution in [0.4, 0.5) is 10.5 Å². The minimum Gasteiger partial charge on any atom is -0.360 e. The van der Waals surface area contributed by atoms with Crippen molar-refractivity contribution in [2.24, 2.45) is 0 Å². The van der Waals surface area contributed by atoms with E-state index < -0.39 is 0 Å². The molecule has 130 valence electrons. The number of amides is 2. The number of nitrogens with zero attached hydrogens (tertiary/aromatic N) is 2. The number of nitrogens with one attached hydrogen (secondary N) is 2. The largest absolute Gasteiger partial charge is 0.360 e. The molecule has 3 rings (SSSR count). The van der Waals surface area contributed by atoms with Crippen LogP contribution in [0.25, 0.3) is 0 Å². The molecule has 2 fully saturated rings. The molecule has 1 saturated heterocycles. The fraction of sp³-hybridized carbons (Fsp3) is 0.556. The van der Waals surface area contributed by atoms with Gasteiger partial charge in [-0.25, -0.2) is 4.79 Å². The third-order valence-corrected chi connectivity index (χ3v) is 5.19. The van der Waals surface area contributed by atoms with Gasteiger partial charge >= 0.3 is 6.03 Å². The Morgan fingerprint density at radius 2 is 1.58 bits per heavy atom. The van der Waals surface area contributed by atoms with Gasteiger partial charge in [-0.3, -0.25) is 0 Å². The summed E-state index contributed by atoms with van der Waals surface area (Å²) < 4.78 is 0. The summed E-state index contributed by atoms with van der Waals surface area (Å²) in [6, 6.07) is 10.1. The maximum Gasteiger partial charge on any atom is 0.321 e. The molecule has 24 heavy (non-hydrogen) atoms. The van der Waals surface area contributed by atoms with Crippen molar-refractivity contribution in [1.29, 1.82) is 0 Å². The van der Waals surface area contributed by atoms with Crippen LogP contribution in [0.1, 0.15) is 32.1 Å². The average molecular weight is 347 g/mol. The molecule has 6 heteroatoms. The second kappa shape index (κ2) is 8.33. The molecule has 1 aromatic carbocycles. The van der Waals surface area contributed by atoms with E-state index in [2.05, 4.69) is 15.5 Å². The Morgan fingerprint density at radius 1 is 0.958 bits per heavy atom. The summed E-state index contributed by atoms with van der Waals surface area (Å²) in [4.78, 5) is 16.4. The van der Waals surface area contributed by atoms with Crippen LogP contribution in [0.15, 0.2) is 30.3 Å². The van der Waals surface area contributed by atoms with Crippen LogP contribution in [0.2, 0.25) is 0 Å². The van der Waals surface area contributed by atoms with Gasteiger partial charge in [-0.2, -0.15) is 0 Å². The second-order valence-electron chi connectivity index (χ2n) is 6.55. The van der Waals surface area contributed by atoms with Crippen LogP contribution in [0, 0.1) is 0 Å². The molecular weight excluding hydrogens is 320 g/mol. The van der Waals surface area contributed by atoms with Crippen molar-refractivity contribution in [2.45, 2.75) is 38.1 Å². The zero-order chi connectivity index (χ0) is 16.8. The third kappa shape index (κ3) is 4.60. The zero-order valence-corrected chi connectivity index (χ0v) is 14.9. The summed E-state index contributed by atoms with van der Waals surface area (Å²) >= 11 is 5.56. The quantitative estimate of drug-likeness (QED) is 0.808. The summed E-state index contributed by atoms with van der Waals surface area (Å²) in [5.74, 6) is 0. The Hall–Kier alpha value is -1.82. The summed E-state index contributed by atoms with van der Waals surface area (Å²) in [5.41, 5.74) is 0.833. The molecule has 0 spiro atoms. The van der Waals surface area contributed by atoms with Crippen LogP contribution in [-0.4, -0.2) is 53.2 Å². The molecule has 0 aromatic heterocycles. The molecule has 2 amide bonds. The number of carbonyl (C=O) groups is 1. The predicted octanol–water partition coefficient (Wildman–Crippen LogP) is 3.04. The van der Waals surface area contributed by atoms with Gasteiger partial charge in [-0.1, -0.05) is 37.5 Å². The van der Waals surface area contributed by atoms with Gasteiger partial charge in [0.2, 0.25) is 0 Å². The van der Waals surface area contributed by atoms with Crippen LogP contribution < -0.4 is 10.6 Å². The number of para-hydroxylation sites is 1. The molecular formula is C18H26N4OS. The number of hydrogen-bond donors (Lipinski definition) is 2. The number of rotatable bonds is 2. The van der Waals surface area contributed by atoms with E-state index in [9.17, 15) is 4.79 Å². The summed E-state index contributed by atoms with van der Waals surface area (Å²) in [7, 11) is 0. The highest BCUT2D eigenvalue weighted by atomic mass is 32.1. The number of urea groups is 1. The van der Waals surface area contributed by atoms with Crippen LogP contribution in [0.5, 0.6) is 0 Å². The minimum atomic E-state index is -0.0352. The van der Waals surface area contributed by atoms with Crippen LogP contribution >= 0.6 is 12.2 Å². The lowest BCUT2D eigenvalue weighted by Crippen LogP contribution is -2.55. The number of benzene rings is 1. The standard InChI is InChI=1S/C18H26N4OS/c23-17(19-15-7-3-1-4-8-15)21-11-13-22(14-12-21)18(24)20-16-9-5-2-6-10-16/h1,3-4,7-8,16H,2,5-6,9-14H2,(H,19,23)(H,20,24). The average Bonchev–Trinajstić information content (AvgIpc) is 2.63. The first-order valence-corrected chi connectivity index (χ1v) is 9.29. The molecule has 2 aliphatic rings. The lowest BCUT2D eigenvalue weighted by Gasteiger charge is -2.37. The van der Waals surface area contributed by atoms with E-state index in [0.29, 0.717) is 19.1 Å². The van der Waals surface area contributed by atoms with Crippen molar-refractivity contribution >= 4 is 29.0 Å². The highest BCUT2D eigenvalue weighted by Crippen LogP contribution is 2.18. The molecule has 1 aromatic rings. The third-order valence-electron chi connectivity index (χ3n) is 4.81. The number of carbonyl (C=O) groups excluding carboxylic acids is 1. The highest BCUT2D eigenvalue weighted by molar-refractivity contribution is 7.80. The Balaban J connectivity index is 1.43. The van der Waals surface area contributed by atoms with Crippen molar-refractivity contribution in [1.82, 2.24) is 15.1 Å². The zero-order valence-electron chi connectivity index (χ0n) is 14.0. The van der Waals surface area contributed by atoms with E-state index >= 15 is 0 Å². The van der Waals surface area contributed by atoms with Crippen molar-refractivity contribution in [3.05, 3.63) is 30.3 Å². The smallest absolute Gasteiger partial charge is 0.321 e. The Kier molecular flexibility index (Phi) is 5.91. The Bertz CT molecular complexity index is 551. The molecule has 1 aliphatic carbocycles. The number of anilines is 1. The monoisotopic (exact) mass is 346 g/mol. The molecule has 0 radical (unpaired) electrons. The molecule has 0 atom stereocenters. The number of piperazine rings is 1. The van der Waals surface area contributed by atoms with Crippen molar-refractivity contribution in [3.63, 3.8) is 0 Å². The molecule has 0 bridgehead atoms. The molecule has 1 saturated carbocycles. The maximum absolute atomic E-state index is 12.3. The maximum atomic E-state index is 12.3. The van der Waals surface area contributed by atoms with Crippen LogP contribution in [-0.2, 0) is 0 Å². The van der Waals surface area contributed by atoms with Gasteiger partial charge in [-0.05, 0) is 37.2 Å². The van der Waals surface area contributed by atoms with Gasteiger partial charge in [0.15, 0.2) is 5.11 Å². The summed E-state index contributed by atoms with van der Waals surface area (Å²) in [5, 5.41) is 7.30. The van der Waals surface area contributed by atoms with E-state index in [1.807, 2.05) is 35.2 Å². The summed E-state index contributed by atoms with van der Waals surface area (Å²) in [6.45, 7) is 2.98. The normalized spacial score (nSPS) is 19.0. The van der Waals surface area contributed by atoms with Gasteiger partial charge < -0.3 is 20.4 Å². The van der Waals surface area contributed by atoms with E-state index in [1.54, 1.807) is 0 Å². The molecule has 0 unspecified atom stereocenters. The van der Waals surface area contributed by atoms with E-state index in [1.165, 1.54) is 32.1 Å².